The van der Waals surface area contributed by atoms with Crippen LogP contribution in [-0.4, -0.2) is 12.1 Å². The van der Waals surface area contributed by atoms with Crippen LogP contribution in [0.5, 0.6) is 5.75 Å². The second-order valence-corrected chi connectivity index (χ2v) is 7.37. The number of carbonyl (C=O) groups is 1. The van der Waals surface area contributed by atoms with E-state index in [1.54, 1.807) is 0 Å². The van der Waals surface area contributed by atoms with Gasteiger partial charge in [0.2, 0.25) is 5.79 Å². The third-order valence-electron chi connectivity index (χ3n) is 4.11. The van der Waals surface area contributed by atoms with Gasteiger partial charge in [-0.15, -0.1) is 0 Å². The molecule has 2 aromatic carbocycles. The minimum absolute atomic E-state index is 0.0699. The molecule has 0 amide bonds. The van der Waals surface area contributed by atoms with Crippen LogP contribution in [0.4, 0.5) is 0 Å². The van der Waals surface area contributed by atoms with Gasteiger partial charge in [0.25, 0.3) is 0 Å². The third-order valence-corrected chi connectivity index (χ3v) is 4.11. The van der Waals surface area contributed by atoms with Gasteiger partial charge >= 0.3 is 0 Å². The Kier molecular flexibility index (Phi) is 3.29. The molecule has 1 heterocycles. The quantitative estimate of drug-likeness (QED) is 0.722. The summed E-state index contributed by atoms with van der Waals surface area (Å²) < 4.78 is 11.6. The average molecular weight is 298 g/mol. The Hall–Kier alpha value is -1.87. The average Bonchev–Trinajstić information content (AvgIpc) is 2.42. The van der Waals surface area contributed by atoms with Gasteiger partial charge in [-0.3, -0.25) is 4.79 Å². The van der Waals surface area contributed by atoms with Crippen molar-refractivity contribution in [2.24, 2.45) is 0 Å². The van der Waals surface area contributed by atoms with Crippen LogP contribution >= 0.6 is 0 Å². The summed E-state index contributed by atoms with van der Waals surface area (Å²) in [6.07, 6.45) is 0.888. The molecule has 1 aliphatic rings. The molecule has 0 saturated carbocycles. The minimum Gasteiger partial charge on any atom is -0.462 e. The fourth-order valence-electron chi connectivity index (χ4n) is 2.81. The molecule has 0 N–H and O–H groups in total. The summed E-state index contributed by atoms with van der Waals surface area (Å²) in [6.45, 7) is 10.7. The van der Waals surface area contributed by atoms with E-state index in [-0.39, 0.29) is 5.41 Å². The fraction of sp³-hybridized carbons (Fsp3) is 0.421. The second kappa shape index (κ2) is 4.82. The summed E-state index contributed by atoms with van der Waals surface area (Å²) in [5.41, 5.74) is 2.86. The number of benzene rings is 2. The number of aldehydes is 1. The van der Waals surface area contributed by atoms with Gasteiger partial charge in [-0.25, -0.2) is 0 Å². The zero-order chi connectivity index (χ0) is 16.1. The van der Waals surface area contributed by atoms with E-state index in [9.17, 15) is 4.79 Å². The van der Waals surface area contributed by atoms with E-state index in [1.165, 1.54) is 5.56 Å². The van der Waals surface area contributed by atoms with Gasteiger partial charge in [0.05, 0.1) is 12.2 Å². The molecule has 1 aliphatic heterocycles. The Balaban J connectivity index is 2.26. The summed E-state index contributed by atoms with van der Waals surface area (Å²) in [5.74, 6) is -0.0497. The lowest BCUT2D eigenvalue weighted by Gasteiger charge is -2.33. The van der Waals surface area contributed by atoms with E-state index < -0.39 is 5.79 Å². The first kappa shape index (κ1) is 15.0. The van der Waals surface area contributed by atoms with Crippen molar-refractivity contribution in [1.82, 2.24) is 0 Å². The first-order valence-corrected chi connectivity index (χ1v) is 7.59. The molecule has 0 unspecified atom stereocenters. The highest BCUT2D eigenvalue weighted by atomic mass is 16.7. The second-order valence-electron chi connectivity index (χ2n) is 7.37. The first-order chi connectivity index (χ1) is 10.2. The van der Waals surface area contributed by atoms with Crippen LogP contribution in [0.2, 0.25) is 0 Å². The van der Waals surface area contributed by atoms with E-state index in [2.05, 4.69) is 39.0 Å². The Morgan fingerprint density at radius 2 is 1.91 bits per heavy atom. The van der Waals surface area contributed by atoms with Crippen LogP contribution in [0.3, 0.4) is 0 Å². The lowest BCUT2D eigenvalue weighted by atomic mass is 9.85. The Morgan fingerprint density at radius 3 is 2.55 bits per heavy atom. The van der Waals surface area contributed by atoms with Gasteiger partial charge in [0.15, 0.2) is 6.29 Å². The maximum absolute atomic E-state index is 11.7. The predicted octanol–water partition coefficient (Wildman–Crippen LogP) is 4.59. The van der Waals surface area contributed by atoms with Crippen molar-refractivity contribution in [1.29, 1.82) is 0 Å². The fourth-order valence-corrected chi connectivity index (χ4v) is 2.81. The molecule has 3 rings (SSSR count). The zero-order valence-corrected chi connectivity index (χ0v) is 13.8. The summed E-state index contributed by atoms with van der Waals surface area (Å²) in [7, 11) is 0. The number of ether oxygens (including phenoxy) is 2. The number of fused-ring (bicyclic) bond motifs is 2. The SMILES string of the molecule is CC1(C)OCc2cc3cc(C(C)(C)C)ccc3c(C=O)c2O1. The van der Waals surface area contributed by atoms with Crippen molar-refractivity contribution >= 4 is 17.1 Å². The molecule has 3 heteroatoms. The maximum Gasteiger partial charge on any atom is 0.205 e. The summed E-state index contributed by atoms with van der Waals surface area (Å²) in [5, 5.41) is 1.99. The number of carbonyl (C=O) groups excluding carboxylic acids is 1. The molecule has 3 nitrogen and oxygen atoms in total. The molecular formula is C19H22O3. The molecule has 0 saturated heterocycles. The van der Waals surface area contributed by atoms with Gasteiger partial charge in [0, 0.05) is 19.4 Å². The number of hydrogen-bond acceptors (Lipinski definition) is 3. The molecule has 0 fully saturated rings. The topological polar surface area (TPSA) is 35.5 Å². The molecule has 0 spiro atoms. The number of hydrogen-bond donors (Lipinski definition) is 0. The van der Waals surface area contributed by atoms with Crippen molar-refractivity contribution in [3.63, 3.8) is 0 Å². The Bertz CT molecular complexity index is 751. The van der Waals surface area contributed by atoms with Gasteiger partial charge in [0.1, 0.15) is 5.75 Å². The standard InChI is InChI=1S/C19H22O3/c1-18(2,3)14-6-7-15-12(9-14)8-13-11-21-19(4,5)22-17(13)16(15)10-20/h6-10H,11H2,1-5H3. The lowest BCUT2D eigenvalue weighted by Crippen LogP contribution is -2.35. The summed E-state index contributed by atoms with van der Waals surface area (Å²) >= 11 is 0. The lowest BCUT2D eigenvalue weighted by molar-refractivity contribution is -0.180. The van der Waals surface area contributed by atoms with Crippen molar-refractivity contribution < 1.29 is 14.3 Å². The van der Waals surface area contributed by atoms with Gasteiger partial charge in [-0.1, -0.05) is 39.0 Å². The monoisotopic (exact) mass is 298 g/mol. The molecule has 0 aromatic heterocycles. The van der Waals surface area contributed by atoms with E-state index in [4.69, 9.17) is 9.47 Å². The van der Waals surface area contributed by atoms with Crippen LogP contribution in [0.1, 0.15) is 56.1 Å². The highest BCUT2D eigenvalue weighted by Gasteiger charge is 2.30. The molecule has 22 heavy (non-hydrogen) atoms. The minimum atomic E-state index is -0.705. The van der Waals surface area contributed by atoms with Crippen LogP contribution in [0, 0.1) is 0 Å². The third kappa shape index (κ3) is 2.50. The Labute approximate surface area is 131 Å². The van der Waals surface area contributed by atoms with E-state index >= 15 is 0 Å². The largest absolute Gasteiger partial charge is 0.462 e. The van der Waals surface area contributed by atoms with Gasteiger partial charge in [-0.2, -0.15) is 0 Å². The highest BCUT2D eigenvalue weighted by molar-refractivity contribution is 6.02. The van der Waals surface area contributed by atoms with Gasteiger partial charge in [-0.05, 0) is 27.8 Å². The Morgan fingerprint density at radius 1 is 1.18 bits per heavy atom. The number of rotatable bonds is 1. The van der Waals surface area contributed by atoms with Crippen LogP contribution < -0.4 is 4.74 Å². The van der Waals surface area contributed by atoms with Crippen molar-refractivity contribution in [3.8, 4) is 5.75 Å². The van der Waals surface area contributed by atoms with Crippen molar-refractivity contribution in [2.45, 2.75) is 52.4 Å². The molecule has 2 aromatic rings. The van der Waals surface area contributed by atoms with E-state index in [0.717, 1.165) is 22.6 Å². The van der Waals surface area contributed by atoms with E-state index in [1.807, 2.05) is 19.9 Å². The molecule has 0 bridgehead atoms. The van der Waals surface area contributed by atoms with Gasteiger partial charge < -0.3 is 9.47 Å². The molecular weight excluding hydrogens is 276 g/mol. The first-order valence-electron chi connectivity index (χ1n) is 7.59. The van der Waals surface area contributed by atoms with Crippen molar-refractivity contribution in [2.75, 3.05) is 0 Å². The smallest absolute Gasteiger partial charge is 0.205 e. The molecule has 0 aliphatic carbocycles. The van der Waals surface area contributed by atoms with Crippen LogP contribution in [0.25, 0.3) is 10.8 Å². The van der Waals surface area contributed by atoms with Crippen LogP contribution in [0.15, 0.2) is 24.3 Å². The highest BCUT2D eigenvalue weighted by Crippen LogP contribution is 2.39. The molecule has 0 atom stereocenters. The zero-order valence-electron chi connectivity index (χ0n) is 13.8. The summed E-state index contributed by atoms with van der Waals surface area (Å²) in [4.78, 5) is 11.7. The maximum atomic E-state index is 11.7. The molecule has 116 valence electrons. The summed E-state index contributed by atoms with van der Waals surface area (Å²) in [6, 6.07) is 8.34. The van der Waals surface area contributed by atoms with Crippen molar-refractivity contribution in [3.05, 3.63) is 41.0 Å². The normalized spacial score (nSPS) is 17.0. The van der Waals surface area contributed by atoms with E-state index in [0.29, 0.717) is 17.9 Å². The predicted molar refractivity (Wildman–Crippen MR) is 87.5 cm³/mol. The van der Waals surface area contributed by atoms with Crippen LogP contribution in [-0.2, 0) is 16.8 Å². The molecule has 0 radical (unpaired) electrons.